The summed E-state index contributed by atoms with van der Waals surface area (Å²) < 4.78 is 0. The fourth-order valence-corrected chi connectivity index (χ4v) is 1.29. The Morgan fingerprint density at radius 1 is 1.53 bits per heavy atom. The van der Waals surface area contributed by atoms with Gasteiger partial charge < -0.3 is 10.6 Å². The molecule has 0 radical (unpaired) electrons. The van der Waals surface area contributed by atoms with Crippen molar-refractivity contribution in [3.63, 3.8) is 0 Å². The molecule has 0 aliphatic heterocycles. The standard InChI is InChI=1S/C10H15N3O2/c1-3-12(2)7-8-4-5-10(13(14)15)9(11)6-8/h4-6H,3,7,11H2,1-2H3. The molecule has 0 aromatic heterocycles. The van der Waals surface area contributed by atoms with Gasteiger partial charge in [-0.05, 0) is 25.2 Å². The maximum Gasteiger partial charge on any atom is 0.292 e. The number of nitrogens with two attached hydrogens (primary N) is 1. The smallest absolute Gasteiger partial charge is 0.292 e. The molecule has 0 fully saturated rings. The van der Waals surface area contributed by atoms with Gasteiger partial charge in [0.2, 0.25) is 0 Å². The maximum absolute atomic E-state index is 10.5. The van der Waals surface area contributed by atoms with Crippen LogP contribution >= 0.6 is 0 Å². The van der Waals surface area contributed by atoms with Gasteiger partial charge >= 0.3 is 0 Å². The molecule has 0 aliphatic carbocycles. The first-order valence-corrected chi connectivity index (χ1v) is 4.76. The molecule has 0 spiro atoms. The van der Waals surface area contributed by atoms with Crippen LogP contribution in [0.3, 0.4) is 0 Å². The summed E-state index contributed by atoms with van der Waals surface area (Å²) in [5.74, 6) is 0. The van der Waals surface area contributed by atoms with Crippen LogP contribution in [0.1, 0.15) is 12.5 Å². The van der Waals surface area contributed by atoms with E-state index in [2.05, 4.69) is 11.8 Å². The molecule has 82 valence electrons. The summed E-state index contributed by atoms with van der Waals surface area (Å²) in [5, 5.41) is 10.5. The zero-order valence-corrected chi connectivity index (χ0v) is 8.93. The molecule has 0 heterocycles. The highest BCUT2D eigenvalue weighted by Crippen LogP contribution is 2.22. The van der Waals surface area contributed by atoms with Crippen LogP contribution in [0.25, 0.3) is 0 Å². The van der Waals surface area contributed by atoms with Crippen LogP contribution in [0.4, 0.5) is 11.4 Å². The predicted octanol–water partition coefficient (Wildman–Crippen LogP) is 1.63. The van der Waals surface area contributed by atoms with E-state index in [1.54, 1.807) is 12.1 Å². The Bertz CT molecular complexity index is 366. The highest BCUT2D eigenvalue weighted by molar-refractivity contribution is 5.59. The van der Waals surface area contributed by atoms with Crippen molar-refractivity contribution in [1.29, 1.82) is 0 Å². The molecule has 0 atom stereocenters. The lowest BCUT2D eigenvalue weighted by Gasteiger charge is -2.13. The zero-order valence-electron chi connectivity index (χ0n) is 8.93. The minimum atomic E-state index is -0.470. The minimum Gasteiger partial charge on any atom is -0.393 e. The van der Waals surface area contributed by atoms with Crippen LogP contribution in [-0.4, -0.2) is 23.4 Å². The third kappa shape index (κ3) is 2.92. The lowest BCUT2D eigenvalue weighted by molar-refractivity contribution is -0.383. The van der Waals surface area contributed by atoms with Gasteiger partial charge in [0.25, 0.3) is 5.69 Å². The summed E-state index contributed by atoms with van der Waals surface area (Å²) in [6.07, 6.45) is 0. The van der Waals surface area contributed by atoms with Crippen molar-refractivity contribution in [2.75, 3.05) is 19.3 Å². The lowest BCUT2D eigenvalue weighted by Crippen LogP contribution is -2.16. The second kappa shape index (κ2) is 4.75. The van der Waals surface area contributed by atoms with Crippen molar-refractivity contribution < 1.29 is 4.92 Å². The van der Waals surface area contributed by atoms with E-state index in [9.17, 15) is 10.1 Å². The summed E-state index contributed by atoms with van der Waals surface area (Å²) >= 11 is 0. The number of hydrogen-bond donors (Lipinski definition) is 1. The number of hydrogen-bond acceptors (Lipinski definition) is 4. The second-order valence-electron chi connectivity index (χ2n) is 3.48. The van der Waals surface area contributed by atoms with E-state index in [1.165, 1.54) is 6.07 Å². The number of anilines is 1. The highest BCUT2D eigenvalue weighted by atomic mass is 16.6. The largest absolute Gasteiger partial charge is 0.393 e. The molecule has 0 saturated heterocycles. The topological polar surface area (TPSA) is 72.4 Å². The Balaban J connectivity index is 2.87. The van der Waals surface area contributed by atoms with Crippen molar-refractivity contribution in [2.24, 2.45) is 0 Å². The molecular weight excluding hydrogens is 194 g/mol. The van der Waals surface area contributed by atoms with E-state index in [-0.39, 0.29) is 11.4 Å². The molecule has 0 saturated carbocycles. The summed E-state index contributed by atoms with van der Waals surface area (Å²) in [7, 11) is 1.98. The van der Waals surface area contributed by atoms with Crippen LogP contribution in [-0.2, 0) is 6.54 Å². The number of nitrogen functional groups attached to an aromatic ring is 1. The summed E-state index contributed by atoms with van der Waals surface area (Å²) in [5.41, 5.74) is 6.76. The normalized spacial score (nSPS) is 10.6. The molecule has 2 N–H and O–H groups in total. The molecule has 5 heteroatoms. The number of benzene rings is 1. The average Bonchev–Trinajstić information content (AvgIpc) is 2.17. The van der Waals surface area contributed by atoms with E-state index in [4.69, 9.17) is 5.73 Å². The molecule has 1 rings (SSSR count). The Labute approximate surface area is 88.6 Å². The third-order valence-corrected chi connectivity index (χ3v) is 2.28. The van der Waals surface area contributed by atoms with Crippen LogP contribution in [0.2, 0.25) is 0 Å². The first kappa shape index (κ1) is 11.5. The maximum atomic E-state index is 10.5. The third-order valence-electron chi connectivity index (χ3n) is 2.28. The van der Waals surface area contributed by atoms with Crippen molar-refractivity contribution >= 4 is 11.4 Å². The van der Waals surface area contributed by atoms with Gasteiger partial charge in [0.15, 0.2) is 0 Å². The fraction of sp³-hybridized carbons (Fsp3) is 0.400. The van der Waals surface area contributed by atoms with Crippen LogP contribution in [0.15, 0.2) is 18.2 Å². The van der Waals surface area contributed by atoms with Crippen LogP contribution in [0, 0.1) is 10.1 Å². The van der Waals surface area contributed by atoms with Gasteiger partial charge in [-0.15, -0.1) is 0 Å². The van der Waals surface area contributed by atoms with Gasteiger partial charge in [-0.3, -0.25) is 10.1 Å². The first-order chi connectivity index (χ1) is 7.04. The molecular formula is C10H15N3O2. The molecule has 0 unspecified atom stereocenters. The van der Waals surface area contributed by atoms with Gasteiger partial charge in [-0.25, -0.2) is 0 Å². The summed E-state index contributed by atoms with van der Waals surface area (Å²) in [4.78, 5) is 12.2. The monoisotopic (exact) mass is 209 g/mol. The SMILES string of the molecule is CCN(C)Cc1ccc([N+](=O)[O-])c(N)c1. The molecule has 15 heavy (non-hydrogen) atoms. The van der Waals surface area contributed by atoms with Gasteiger partial charge in [0, 0.05) is 12.6 Å². The quantitative estimate of drug-likeness (QED) is 0.464. The average molecular weight is 209 g/mol. The van der Waals surface area contributed by atoms with E-state index < -0.39 is 4.92 Å². The Hall–Kier alpha value is -1.62. The van der Waals surface area contributed by atoms with Gasteiger partial charge in [0.05, 0.1) is 4.92 Å². The highest BCUT2D eigenvalue weighted by Gasteiger charge is 2.11. The van der Waals surface area contributed by atoms with Gasteiger partial charge in [-0.1, -0.05) is 13.0 Å². The van der Waals surface area contributed by atoms with Crippen molar-refractivity contribution in [3.8, 4) is 0 Å². The Morgan fingerprint density at radius 2 is 2.20 bits per heavy atom. The molecule has 0 bridgehead atoms. The fourth-order valence-electron chi connectivity index (χ4n) is 1.29. The molecule has 0 amide bonds. The molecule has 0 aliphatic rings. The van der Waals surface area contributed by atoms with E-state index in [1.807, 2.05) is 7.05 Å². The van der Waals surface area contributed by atoms with E-state index in [0.717, 1.165) is 18.7 Å². The Morgan fingerprint density at radius 3 is 2.67 bits per heavy atom. The Kier molecular flexibility index (Phi) is 3.62. The van der Waals surface area contributed by atoms with Crippen molar-refractivity contribution in [3.05, 3.63) is 33.9 Å². The lowest BCUT2D eigenvalue weighted by atomic mass is 10.1. The second-order valence-corrected chi connectivity index (χ2v) is 3.48. The molecule has 1 aromatic carbocycles. The van der Waals surface area contributed by atoms with Gasteiger partial charge in [-0.2, -0.15) is 0 Å². The zero-order chi connectivity index (χ0) is 11.4. The number of rotatable bonds is 4. The van der Waals surface area contributed by atoms with Crippen LogP contribution in [0.5, 0.6) is 0 Å². The van der Waals surface area contributed by atoms with Crippen LogP contribution < -0.4 is 5.73 Å². The number of nitro groups is 1. The predicted molar refractivity (Wildman–Crippen MR) is 59.5 cm³/mol. The first-order valence-electron chi connectivity index (χ1n) is 4.76. The van der Waals surface area contributed by atoms with Crippen molar-refractivity contribution in [2.45, 2.75) is 13.5 Å². The number of nitrogens with zero attached hydrogens (tertiary/aromatic N) is 2. The molecule has 5 nitrogen and oxygen atoms in total. The van der Waals surface area contributed by atoms with Crippen molar-refractivity contribution in [1.82, 2.24) is 4.90 Å². The van der Waals surface area contributed by atoms with E-state index >= 15 is 0 Å². The summed E-state index contributed by atoms with van der Waals surface area (Å²) in [6, 6.07) is 4.85. The molecule has 1 aromatic rings. The summed E-state index contributed by atoms with van der Waals surface area (Å²) in [6.45, 7) is 3.73. The van der Waals surface area contributed by atoms with E-state index in [0.29, 0.717) is 0 Å². The number of nitro benzene ring substituents is 1. The minimum absolute atomic E-state index is 0.0297. The van der Waals surface area contributed by atoms with Gasteiger partial charge in [0.1, 0.15) is 5.69 Å².